The van der Waals surface area contributed by atoms with Crippen molar-refractivity contribution in [3.8, 4) is 0 Å². The Balaban J connectivity index is 2.07. The summed E-state index contributed by atoms with van der Waals surface area (Å²) >= 11 is 1.18. The van der Waals surface area contributed by atoms with Gasteiger partial charge in [0.15, 0.2) is 0 Å². The minimum absolute atomic E-state index is 0.0341. The van der Waals surface area contributed by atoms with Gasteiger partial charge in [0.25, 0.3) is 11.5 Å². The van der Waals surface area contributed by atoms with Crippen molar-refractivity contribution in [3.63, 3.8) is 0 Å². The Labute approximate surface area is 148 Å². The lowest BCUT2D eigenvalue weighted by Crippen LogP contribution is -2.24. The lowest BCUT2D eigenvalue weighted by atomic mass is 10.1. The number of nitrogens with one attached hydrogen (secondary N) is 1. The van der Waals surface area contributed by atoms with E-state index in [1.165, 1.54) is 15.9 Å². The molecule has 2 heterocycles. The Bertz CT molecular complexity index is 1020. The van der Waals surface area contributed by atoms with Crippen molar-refractivity contribution in [2.24, 2.45) is 0 Å². The number of hydrogen-bond donors (Lipinski definition) is 1. The zero-order valence-corrected chi connectivity index (χ0v) is 15.0. The predicted octanol–water partition coefficient (Wildman–Crippen LogP) is 3.61. The number of carbonyl (C=O) groups excluding carboxylic acids is 1. The van der Waals surface area contributed by atoms with Crippen LogP contribution >= 0.6 is 11.3 Å². The van der Waals surface area contributed by atoms with Gasteiger partial charge in [0, 0.05) is 5.69 Å². The van der Waals surface area contributed by atoms with Crippen molar-refractivity contribution in [1.82, 2.24) is 9.55 Å². The summed E-state index contributed by atoms with van der Waals surface area (Å²) in [6.07, 6.45) is 0. The molecule has 0 bridgehead atoms. The zero-order chi connectivity index (χ0) is 18.1. The highest BCUT2D eigenvalue weighted by Gasteiger charge is 2.21. The van der Waals surface area contributed by atoms with Gasteiger partial charge < -0.3 is 5.32 Å². The fourth-order valence-electron chi connectivity index (χ4n) is 2.77. The van der Waals surface area contributed by atoms with Crippen LogP contribution in [0.5, 0.6) is 0 Å². The number of fused-ring (bicyclic) bond motifs is 1. The Kier molecular flexibility index (Phi) is 4.67. The third-order valence-corrected chi connectivity index (χ3v) is 5.33. The number of thiophene rings is 1. The fourth-order valence-corrected chi connectivity index (χ4v) is 3.89. The first-order chi connectivity index (χ1) is 11.9. The van der Waals surface area contributed by atoms with Crippen LogP contribution < -0.4 is 10.9 Å². The molecule has 0 atom stereocenters. The van der Waals surface area contributed by atoms with Crippen LogP contribution in [0, 0.1) is 20.8 Å². The normalized spacial score (nSPS) is 11.0. The molecule has 7 heteroatoms. The summed E-state index contributed by atoms with van der Waals surface area (Å²) in [6.45, 7) is 4.63. The Hall–Kier alpha value is -2.54. The van der Waals surface area contributed by atoms with E-state index >= 15 is 0 Å². The van der Waals surface area contributed by atoms with Gasteiger partial charge in [0.05, 0.1) is 16.8 Å². The summed E-state index contributed by atoms with van der Waals surface area (Å²) in [4.78, 5) is 30.6. The van der Waals surface area contributed by atoms with E-state index in [9.17, 15) is 14.0 Å². The molecule has 3 rings (SSSR count). The van der Waals surface area contributed by atoms with Crippen molar-refractivity contribution in [3.05, 3.63) is 56.4 Å². The molecular weight excluding hydrogens is 341 g/mol. The first-order valence-corrected chi connectivity index (χ1v) is 8.69. The lowest BCUT2D eigenvalue weighted by Gasteiger charge is -2.07. The average Bonchev–Trinajstić information content (AvgIpc) is 2.90. The highest BCUT2D eigenvalue weighted by molar-refractivity contribution is 7.20. The number of anilines is 1. The SMILES string of the molecule is Cc1ccccc1NC(=O)c1sc2nc(C)n(CCF)c(=O)c2c1C. The number of amides is 1. The highest BCUT2D eigenvalue weighted by Crippen LogP contribution is 2.28. The summed E-state index contributed by atoms with van der Waals surface area (Å²) in [6, 6.07) is 7.48. The molecule has 25 heavy (non-hydrogen) atoms. The van der Waals surface area contributed by atoms with Gasteiger partial charge >= 0.3 is 0 Å². The number of hydrogen-bond acceptors (Lipinski definition) is 4. The van der Waals surface area contributed by atoms with Crippen LogP contribution in [0.3, 0.4) is 0 Å². The molecule has 0 radical (unpaired) electrons. The van der Waals surface area contributed by atoms with Crippen LogP contribution in [-0.2, 0) is 6.54 Å². The van der Waals surface area contributed by atoms with Crippen LogP contribution in [0.2, 0.25) is 0 Å². The summed E-state index contributed by atoms with van der Waals surface area (Å²) in [5.74, 6) is 0.172. The van der Waals surface area contributed by atoms with E-state index in [1.54, 1.807) is 13.8 Å². The number of aromatic nitrogens is 2. The minimum Gasteiger partial charge on any atom is -0.321 e. The van der Waals surface area contributed by atoms with E-state index in [1.807, 2.05) is 31.2 Å². The van der Waals surface area contributed by atoms with Crippen LogP contribution in [0.1, 0.15) is 26.6 Å². The van der Waals surface area contributed by atoms with Gasteiger partial charge in [0.2, 0.25) is 0 Å². The molecule has 0 unspecified atom stereocenters. The second-order valence-corrected chi connectivity index (χ2v) is 6.81. The summed E-state index contributed by atoms with van der Waals surface area (Å²) in [5, 5.41) is 3.26. The maximum absolute atomic E-state index is 12.7. The van der Waals surface area contributed by atoms with Crippen molar-refractivity contribution >= 4 is 33.1 Å². The molecule has 0 saturated carbocycles. The van der Waals surface area contributed by atoms with Crippen molar-refractivity contribution in [1.29, 1.82) is 0 Å². The molecule has 1 N–H and O–H groups in total. The van der Waals surface area contributed by atoms with E-state index in [2.05, 4.69) is 10.3 Å². The largest absolute Gasteiger partial charge is 0.321 e. The van der Waals surface area contributed by atoms with E-state index in [0.29, 0.717) is 26.5 Å². The Morgan fingerprint density at radius 3 is 2.68 bits per heavy atom. The average molecular weight is 359 g/mol. The van der Waals surface area contributed by atoms with Gasteiger partial charge in [0.1, 0.15) is 17.3 Å². The van der Waals surface area contributed by atoms with Crippen LogP contribution in [0.4, 0.5) is 10.1 Å². The van der Waals surface area contributed by atoms with E-state index < -0.39 is 6.67 Å². The lowest BCUT2D eigenvalue weighted by molar-refractivity contribution is 0.103. The van der Waals surface area contributed by atoms with E-state index in [-0.39, 0.29) is 18.0 Å². The molecule has 3 aromatic rings. The van der Waals surface area contributed by atoms with Gasteiger partial charge in [-0.15, -0.1) is 11.3 Å². The molecule has 2 aromatic heterocycles. The molecule has 0 aliphatic heterocycles. The molecule has 0 fully saturated rings. The van der Waals surface area contributed by atoms with E-state index in [0.717, 1.165) is 11.3 Å². The first kappa shape index (κ1) is 17.3. The predicted molar refractivity (Wildman–Crippen MR) is 98.5 cm³/mol. The smallest absolute Gasteiger partial charge is 0.266 e. The number of benzene rings is 1. The maximum atomic E-state index is 12.7. The highest BCUT2D eigenvalue weighted by atomic mass is 32.1. The van der Waals surface area contributed by atoms with Gasteiger partial charge in [-0.3, -0.25) is 14.2 Å². The second kappa shape index (κ2) is 6.76. The van der Waals surface area contributed by atoms with Crippen molar-refractivity contribution in [2.75, 3.05) is 12.0 Å². The third-order valence-electron chi connectivity index (χ3n) is 4.15. The number of halogens is 1. The quantitative estimate of drug-likeness (QED) is 0.774. The topological polar surface area (TPSA) is 64.0 Å². The first-order valence-electron chi connectivity index (χ1n) is 7.87. The Morgan fingerprint density at radius 1 is 1.28 bits per heavy atom. The van der Waals surface area contributed by atoms with Gasteiger partial charge in [-0.25, -0.2) is 9.37 Å². The molecule has 0 saturated heterocycles. The number of para-hydroxylation sites is 1. The molecule has 0 spiro atoms. The summed E-state index contributed by atoms with van der Waals surface area (Å²) < 4.78 is 14.0. The maximum Gasteiger partial charge on any atom is 0.266 e. The number of aryl methyl sites for hydroxylation is 3. The molecule has 130 valence electrons. The second-order valence-electron chi connectivity index (χ2n) is 5.81. The van der Waals surface area contributed by atoms with Crippen molar-refractivity contribution < 1.29 is 9.18 Å². The Morgan fingerprint density at radius 2 is 2.00 bits per heavy atom. The monoisotopic (exact) mass is 359 g/mol. The molecule has 0 aliphatic rings. The number of rotatable bonds is 4. The van der Waals surface area contributed by atoms with E-state index in [4.69, 9.17) is 0 Å². The number of carbonyl (C=O) groups is 1. The summed E-state index contributed by atoms with van der Waals surface area (Å²) in [7, 11) is 0. The molecule has 1 aromatic carbocycles. The van der Waals surface area contributed by atoms with Crippen LogP contribution in [-0.4, -0.2) is 22.1 Å². The molecule has 1 amide bonds. The number of nitrogens with zero attached hydrogens (tertiary/aromatic N) is 2. The standard InChI is InChI=1S/C18H18FN3O2S/c1-10-6-4-5-7-13(10)21-16(23)15-11(2)14-17(25-15)20-12(3)22(9-8-19)18(14)24/h4-7H,8-9H2,1-3H3,(H,21,23). The van der Waals surface area contributed by atoms with Crippen molar-refractivity contribution in [2.45, 2.75) is 27.3 Å². The number of alkyl halides is 1. The summed E-state index contributed by atoms with van der Waals surface area (Å²) in [5.41, 5.74) is 1.96. The van der Waals surface area contributed by atoms with Gasteiger partial charge in [-0.2, -0.15) is 0 Å². The molecular formula is C18H18FN3O2S. The molecule has 0 aliphatic carbocycles. The van der Waals surface area contributed by atoms with Gasteiger partial charge in [-0.1, -0.05) is 18.2 Å². The van der Waals surface area contributed by atoms with Crippen LogP contribution in [0.25, 0.3) is 10.2 Å². The fraction of sp³-hybridized carbons (Fsp3) is 0.278. The van der Waals surface area contributed by atoms with Crippen LogP contribution in [0.15, 0.2) is 29.1 Å². The molecule has 5 nitrogen and oxygen atoms in total. The zero-order valence-electron chi connectivity index (χ0n) is 14.2. The third kappa shape index (κ3) is 3.07. The minimum atomic E-state index is -0.641. The van der Waals surface area contributed by atoms with Gasteiger partial charge in [-0.05, 0) is 38.0 Å².